The normalized spacial score (nSPS) is 9.00. The first kappa shape index (κ1) is 8.33. The van der Waals surface area contributed by atoms with Gasteiger partial charge in [-0.25, -0.2) is 4.79 Å². The number of carbonyl (C=O) groups is 1. The number of ether oxygens (including phenoxy) is 1. The Bertz CT molecular complexity index is 290. The van der Waals surface area contributed by atoms with E-state index in [9.17, 15) is 4.79 Å². The number of aliphatic hydroxyl groups is 1. The summed E-state index contributed by atoms with van der Waals surface area (Å²) in [6.45, 7) is 3.03. The van der Waals surface area contributed by atoms with Crippen molar-refractivity contribution in [3.8, 4) is 5.75 Å². The van der Waals surface area contributed by atoms with Gasteiger partial charge in [0.2, 0.25) is 0 Å². The number of benzene rings is 1. The molecule has 0 atom stereocenters. The summed E-state index contributed by atoms with van der Waals surface area (Å²) in [5.74, 6) is -1.04. The van der Waals surface area contributed by atoms with Gasteiger partial charge in [-0.3, -0.25) is 0 Å². The van der Waals surface area contributed by atoms with Crippen LogP contribution in [-0.4, -0.2) is 11.1 Å². The molecule has 0 spiro atoms. The first-order valence-electron chi connectivity index (χ1n) is 3.35. The molecule has 0 aromatic heterocycles. The lowest BCUT2D eigenvalue weighted by molar-refractivity contribution is -0.132. The van der Waals surface area contributed by atoms with Crippen molar-refractivity contribution in [2.24, 2.45) is 0 Å². The highest BCUT2D eigenvalue weighted by Gasteiger charge is 2.06. The Labute approximate surface area is 69.9 Å². The van der Waals surface area contributed by atoms with E-state index in [2.05, 4.69) is 11.3 Å². The first-order valence-corrected chi connectivity index (χ1v) is 3.35. The van der Waals surface area contributed by atoms with E-state index >= 15 is 0 Å². The average Bonchev–Trinajstić information content (AvgIpc) is 2.06. The predicted molar refractivity (Wildman–Crippen MR) is 43.8 cm³/mol. The van der Waals surface area contributed by atoms with Crippen molar-refractivity contribution in [2.75, 3.05) is 0 Å². The highest BCUT2D eigenvalue weighted by atomic mass is 16.5. The Kier molecular flexibility index (Phi) is 2.48. The number of para-hydroxylation sites is 1. The molecular formula is C9H8O3. The van der Waals surface area contributed by atoms with Crippen LogP contribution in [0.25, 0.3) is 0 Å². The van der Waals surface area contributed by atoms with Gasteiger partial charge in [-0.05, 0) is 18.7 Å². The van der Waals surface area contributed by atoms with Crippen molar-refractivity contribution in [1.29, 1.82) is 0 Å². The molecule has 0 radical (unpaired) electrons. The van der Waals surface area contributed by atoms with Crippen LogP contribution in [0.15, 0.2) is 42.7 Å². The fraction of sp³-hybridized carbons (Fsp3) is 0. The fourth-order valence-electron chi connectivity index (χ4n) is 0.654. The molecule has 0 heterocycles. The van der Waals surface area contributed by atoms with Crippen molar-refractivity contribution in [3.63, 3.8) is 0 Å². The smallest absolute Gasteiger partial charge is 0.378 e. The summed E-state index contributed by atoms with van der Waals surface area (Å²) in [6, 6.07) is 8.47. The molecule has 1 aromatic carbocycles. The highest BCUT2D eigenvalue weighted by Crippen LogP contribution is 2.09. The van der Waals surface area contributed by atoms with Crippen LogP contribution < -0.4 is 4.74 Å². The molecule has 62 valence electrons. The molecule has 0 bridgehead atoms. The monoisotopic (exact) mass is 164 g/mol. The summed E-state index contributed by atoms with van der Waals surface area (Å²) in [7, 11) is 0. The van der Waals surface area contributed by atoms with Gasteiger partial charge in [-0.1, -0.05) is 18.2 Å². The number of esters is 1. The fourth-order valence-corrected chi connectivity index (χ4v) is 0.654. The molecule has 0 saturated heterocycles. The molecule has 3 heteroatoms. The minimum Gasteiger partial charge on any atom is -0.502 e. The largest absolute Gasteiger partial charge is 0.502 e. The molecule has 0 aliphatic carbocycles. The standard InChI is InChI=1S/C9H8O3/c1-7(10)9(11)12-8-5-3-2-4-6-8/h2-6,10H,1H2. The van der Waals surface area contributed by atoms with Crippen LogP contribution in [-0.2, 0) is 4.79 Å². The maximum Gasteiger partial charge on any atom is 0.378 e. The molecule has 0 amide bonds. The Morgan fingerprint density at radius 3 is 2.42 bits per heavy atom. The van der Waals surface area contributed by atoms with Crippen LogP contribution in [0.3, 0.4) is 0 Å². The minimum atomic E-state index is -0.832. The van der Waals surface area contributed by atoms with Crippen LogP contribution >= 0.6 is 0 Å². The van der Waals surface area contributed by atoms with Crippen LogP contribution in [0.2, 0.25) is 0 Å². The molecule has 1 N–H and O–H groups in total. The topological polar surface area (TPSA) is 46.5 Å². The van der Waals surface area contributed by atoms with Gasteiger partial charge < -0.3 is 9.84 Å². The van der Waals surface area contributed by atoms with E-state index in [0.29, 0.717) is 5.75 Å². The van der Waals surface area contributed by atoms with Gasteiger partial charge in [-0.15, -0.1) is 0 Å². The predicted octanol–water partition coefficient (Wildman–Crippen LogP) is 1.66. The number of carbonyl (C=O) groups excluding carboxylic acids is 1. The van der Waals surface area contributed by atoms with Crippen molar-refractivity contribution in [3.05, 3.63) is 42.7 Å². The van der Waals surface area contributed by atoms with E-state index in [1.807, 2.05) is 0 Å². The number of rotatable bonds is 2. The van der Waals surface area contributed by atoms with E-state index in [4.69, 9.17) is 5.11 Å². The van der Waals surface area contributed by atoms with Gasteiger partial charge in [-0.2, -0.15) is 0 Å². The molecule has 0 aliphatic heterocycles. The Hall–Kier alpha value is -1.77. The van der Waals surface area contributed by atoms with E-state index in [1.165, 1.54) is 0 Å². The van der Waals surface area contributed by atoms with Crippen LogP contribution in [0.4, 0.5) is 0 Å². The molecule has 0 saturated carbocycles. The van der Waals surface area contributed by atoms with Crippen molar-refractivity contribution < 1.29 is 14.6 Å². The second kappa shape index (κ2) is 3.57. The van der Waals surface area contributed by atoms with Crippen molar-refractivity contribution in [1.82, 2.24) is 0 Å². The Morgan fingerprint density at radius 2 is 1.92 bits per heavy atom. The second-order valence-corrected chi connectivity index (χ2v) is 2.15. The zero-order valence-electron chi connectivity index (χ0n) is 6.36. The summed E-state index contributed by atoms with van der Waals surface area (Å²) in [6.07, 6.45) is 0. The zero-order chi connectivity index (χ0) is 8.97. The van der Waals surface area contributed by atoms with Crippen LogP contribution in [0, 0.1) is 0 Å². The first-order chi connectivity index (χ1) is 5.70. The van der Waals surface area contributed by atoms with Gasteiger partial charge >= 0.3 is 5.97 Å². The number of hydrogen-bond acceptors (Lipinski definition) is 3. The van der Waals surface area contributed by atoms with Gasteiger partial charge in [0.25, 0.3) is 0 Å². The van der Waals surface area contributed by atoms with E-state index in [0.717, 1.165) is 0 Å². The zero-order valence-corrected chi connectivity index (χ0v) is 6.36. The third kappa shape index (κ3) is 2.12. The molecule has 1 aromatic rings. The summed E-state index contributed by atoms with van der Waals surface area (Å²) in [4.78, 5) is 10.7. The molecular weight excluding hydrogens is 156 g/mol. The lowest BCUT2D eigenvalue weighted by Crippen LogP contribution is -2.09. The van der Waals surface area contributed by atoms with Crippen LogP contribution in [0.1, 0.15) is 0 Å². The van der Waals surface area contributed by atoms with E-state index in [-0.39, 0.29) is 0 Å². The van der Waals surface area contributed by atoms with Crippen LogP contribution in [0.5, 0.6) is 5.75 Å². The third-order valence-corrected chi connectivity index (χ3v) is 1.19. The molecule has 0 aliphatic rings. The maximum absolute atomic E-state index is 10.7. The molecule has 3 nitrogen and oxygen atoms in total. The summed E-state index contributed by atoms with van der Waals surface area (Å²) in [5.41, 5.74) is 0. The molecule has 0 fully saturated rings. The third-order valence-electron chi connectivity index (χ3n) is 1.19. The minimum absolute atomic E-state index is 0.387. The summed E-state index contributed by atoms with van der Waals surface area (Å²) >= 11 is 0. The van der Waals surface area contributed by atoms with Crippen molar-refractivity contribution in [2.45, 2.75) is 0 Å². The average molecular weight is 164 g/mol. The van der Waals surface area contributed by atoms with Gasteiger partial charge in [0.15, 0.2) is 5.76 Å². The molecule has 12 heavy (non-hydrogen) atoms. The lowest BCUT2D eigenvalue weighted by Gasteiger charge is -2.00. The number of hydrogen-bond donors (Lipinski definition) is 1. The number of aliphatic hydroxyl groups excluding tert-OH is 1. The van der Waals surface area contributed by atoms with Crippen molar-refractivity contribution >= 4 is 5.97 Å². The molecule has 1 rings (SSSR count). The highest BCUT2D eigenvalue weighted by molar-refractivity contribution is 5.86. The Balaban J connectivity index is 2.65. The van der Waals surface area contributed by atoms with E-state index in [1.54, 1.807) is 30.3 Å². The Morgan fingerprint density at radius 1 is 1.33 bits per heavy atom. The van der Waals surface area contributed by atoms with Gasteiger partial charge in [0.1, 0.15) is 5.75 Å². The SMILES string of the molecule is C=C(O)C(=O)Oc1ccccc1. The van der Waals surface area contributed by atoms with Gasteiger partial charge in [0, 0.05) is 0 Å². The molecule has 0 unspecified atom stereocenters. The summed E-state index contributed by atoms with van der Waals surface area (Å²) < 4.78 is 4.69. The maximum atomic E-state index is 10.7. The lowest BCUT2D eigenvalue weighted by atomic mass is 10.3. The van der Waals surface area contributed by atoms with Gasteiger partial charge in [0.05, 0.1) is 0 Å². The quantitative estimate of drug-likeness (QED) is 0.313. The summed E-state index contributed by atoms with van der Waals surface area (Å²) in [5, 5.41) is 8.61. The second-order valence-electron chi connectivity index (χ2n) is 2.15. The van der Waals surface area contributed by atoms with E-state index < -0.39 is 11.7 Å².